The van der Waals surface area contributed by atoms with Crippen molar-refractivity contribution in [2.75, 3.05) is 6.61 Å². The van der Waals surface area contributed by atoms with Crippen molar-refractivity contribution in [3.63, 3.8) is 0 Å². The second kappa shape index (κ2) is 18.1. The number of allylic oxidation sites excluding steroid dienone is 1. The van der Waals surface area contributed by atoms with Crippen molar-refractivity contribution in [2.45, 2.75) is 148 Å². The van der Waals surface area contributed by atoms with Gasteiger partial charge in [-0.15, -0.1) is 0 Å². The standard InChI is InChI=1S/C35H58O/c1-3-5-7-9-11-14-30-17-19-32(20-18-30)16-13-29-36-35-27-25-34(26-28-35)33-23-21-31(22-24-33)15-12-10-8-6-4-2/h13,16,25-28,30-33H,3-12,14-15,17-24,29H2,1-2H3. The third-order valence-corrected chi connectivity index (χ3v) is 9.28. The average molecular weight is 495 g/mol. The zero-order valence-corrected chi connectivity index (χ0v) is 24.0. The molecule has 0 unspecified atom stereocenters. The molecule has 0 amide bonds. The molecule has 0 saturated heterocycles. The summed E-state index contributed by atoms with van der Waals surface area (Å²) in [6, 6.07) is 9.07. The Labute approximate surface area is 224 Å². The fourth-order valence-corrected chi connectivity index (χ4v) is 6.76. The number of hydrogen-bond acceptors (Lipinski definition) is 1. The SMILES string of the molecule is CCCCCCCC1CCC(C=CCOc2ccc(C3CCC(CCCCCCC)CC3)cc2)CC1. The summed E-state index contributed by atoms with van der Waals surface area (Å²) in [7, 11) is 0. The van der Waals surface area contributed by atoms with Crippen LogP contribution in [-0.4, -0.2) is 6.61 Å². The van der Waals surface area contributed by atoms with Gasteiger partial charge in [-0.2, -0.15) is 0 Å². The van der Waals surface area contributed by atoms with E-state index in [1.165, 1.54) is 134 Å². The maximum Gasteiger partial charge on any atom is 0.119 e. The van der Waals surface area contributed by atoms with Crippen molar-refractivity contribution in [1.82, 2.24) is 0 Å². The fraction of sp³-hybridized carbons (Fsp3) is 0.771. The molecule has 0 atom stereocenters. The van der Waals surface area contributed by atoms with Crippen LogP contribution in [0.2, 0.25) is 0 Å². The lowest BCUT2D eigenvalue weighted by molar-refractivity contribution is 0.287. The second-order valence-electron chi connectivity index (χ2n) is 12.2. The molecule has 1 nitrogen and oxygen atoms in total. The normalized spacial score (nSPS) is 24.8. The monoisotopic (exact) mass is 494 g/mol. The minimum absolute atomic E-state index is 0.708. The molecule has 0 bridgehead atoms. The van der Waals surface area contributed by atoms with Crippen molar-refractivity contribution in [2.24, 2.45) is 17.8 Å². The molecule has 2 aliphatic carbocycles. The van der Waals surface area contributed by atoms with Gasteiger partial charge in [-0.25, -0.2) is 0 Å². The van der Waals surface area contributed by atoms with E-state index in [9.17, 15) is 0 Å². The molecule has 204 valence electrons. The van der Waals surface area contributed by atoms with E-state index >= 15 is 0 Å². The highest BCUT2D eigenvalue weighted by atomic mass is 16.5. The highest BCUT2D eigenvalue weighted by Crippen LogP contribution is 2.38. The van der Waals surface area contributed by atoms with Crippen molar-refractivity contribution in [1.29, 1.82) is 0 Å². The van der Waals surface area contributed by atoms with Gasteiger partial charge in [-0.1, -0.05) is 115 Å². The van der Waals surface area contributed by atoms with Gasteiger partial charge >= 0.3 is 0 Å². The van der Waals surface area contributed by atoms with Crippen LogP contribution in [0.25, 0.3) is 0 Å². The maximum atomic E-state index is 6.05. The minimum atomic E-state index is 0.708. The molecule has 1 aromatic rings. The van der Waals surface area contributed by atoms with E-state index in [1.807, 2.05) is 0 Å². The third kappa shape index (κ3) is 11.4. The molecule has 1 heteroatoms. The molecule has 0 aliphatic heterocycles. The lowest BCUT2D eigenvalue weighted by Gasteiger charge is -2.29. The van der Waals surface area contributed by atoms with Crippen molar-refractivity contribution in [3.8, 4) is 5.75 Å². The number of ether oxygens (including phenoxy) is 1. The molecular weight excluding hydrogens is 436 g/mol. The number of rotatable bonds is 17. The van der Waals surface area contributed by atoms with Crippen LogP contribution >= 0.6 is 0 Å². The first kappa shape index (κ1) is 29.3. The summed E-state index contributed by atoms with van der Waals surface area (Å²) in [5.41, 5.74) is 1.53. The lowest BCUT2D eigenvalue weighted by Crippen LogP contribution is -2.13. The first-order chi connectivity index (χ1) is 17.8. The highest BCUT2D eigenvalue weighted by Gasteiger charge is 2.22. The summed E-state index contributed by atoms with van der Waals surface area (Å²) in [6.45, 7) is 5.32. The molecule has 36 heavy (non-hydrogen) atoms. The van der Waals surface area contributed by atoms with E-state index in [1.54, 1.807) is 0 Å². The van der Waals surface area contributed by atoms with Crippen LogP contribution in [0.15, 0.2) is 36.4 Å². The summed E-state index contributed by atoms with van der Waals surface area (Å²) in [5.74, 6) is 4.55. The Morgan fingerprint density at radius 2 is 1.17 bits per heavy atom. The van der Waals surface area contributed by atoms with Crippen LogP contribution in [0.3, 0.4) is 0 Å². The molecule has 0 N–H and O–H groups in total. The molecule has 1 aromatic carbocycles. The van der Waals surface area contributed by atoms with Gasteiger partial charge in [-0.3, -0.25) is 0 Å². The van der Waals surface area contributed by atoms with Gasteiger partial charge in [0.15, 0.2) is 0 Å². The first-order valence-corrected chi connectivity index (χ1v) is 16.2. The Hall–Kier alpha value is -1.24. The van der Waals surface area contributed by atoms with Gasteiger partial charge in [-0.05, 0) is 92.7 Å². The van der Waals surface area contributed by atoms with Crippen LogP contribution < -0.4 is 4.74 Å². The van der Waals surface area contributed by atoms with Crippen LogP contribution in [0.5, 0.6) is 5.75 Å². The molecule has 2 aliphatic rings. The van der Waals surface area contributed by atoms with E-state index in [2.05, 4.69) is 50.3 Å². The Morgan fingerprint density at radius 3 is 1.72 bits per heavy atom. The zero-order chi connectivity index (χ0) is 25.3. The van der Waals surface area contributed by atoms with Gasteiger partial charge in [0.05, 0.1) is 0 Å². The minimum Gasteiger partial charge on any atom is -0.490 e. The third-order valence-electron chi connectivity index (χ3n) is 9.28. The smallest absolute Gasteiger partial charge is 0.119 e. The van der Waals surface area contributed by atoms with E-state index in [0.29, 0.717) is 6.61 Å². The number of unbranched alkanes of at least 4 members (excludes halogenated alkanes) is 8. The molecule has 0 aromatic heterocycles. The Kier molecular flexibility index (Phi) is 14.7. The Balaban J connectivity index is 1.25. The quantitative estimate of drug-likeness (QED) is 0.154. The van der Waals surface area contributed by atoms with Gasteiger partial charge in [0, 0.05) is 0 Å². The van der Waals surface area contributed by atoms with Gasteiger partial charge in [0.1, 0.15) is 12.4 Å². The topological polar surface area (TPSA) is 9.23 Å². The lowest BCUT2D eigenvalue weighted by atomic mass is 9.77. The predicted octanol–water partition coefficient (Wildman–Crippen LogP) is 11.4. The molecule has 0 radical (unpaired) electrons. The molecule has 0 spiro atoms. The fourth-order valence-electron chi connectivity index (χ4n) is 6.76. The van der Waals surface area contributed by atoms with Crippen molar-refractivity contribution in [3.05, 3.63) is 42.0 Å². The second-order valence-corrected chi connectivity index (χ2v) is 12.2. The summed E-state index contributed by atoms with van der Waals surface area (Å²) in [5, 5.41) is 0. The zero-order valence-electron chi connectivity index (χ0n) is 24.0. The Morgan fingerprint density at radius 1 is 0.639 bits per heavy atom. The summed E-state index contributed by atoms with van der Waals surface area (Å²) in [4.78, 5) is 0. The van der Waals surface area contributed by atoms with Gasteiger partial charge in [0.2, 0.25) is 0 Å². The van der Waals surface area contributed by atoms with E-state index in [-0.39, 0.29) is 0 Å². The summed E-state index contributed by atoms with van der Waals surface area (Å²) >= 11 is 0. The Bertz CT molecular complexity index is 673. The number of hydrogen-bond donors (Lipinski definition) is 0. The van der Waals surface area contributed by atoms with Gasteiger partial charge < -0.3 is 4.74 Å². The van der Waals surface area contributed by atoms with Gasteiger partial charge in [0.25, 0.3) is 0 Å². The molecule has 2 fully saturated rings. The maximum absolute atomic E-state index is 6.05. The van der Waals surface area contributed by atoms with E-state index < -0.39 is 0 Å². The molecule has 0 heterocycles. The van der Waals surface area contributed by atoms with Crippen LogP contribution in [0, 0.1) is 17.8 Å². The highest BCUT2D eigenvalue weighted by molar-refractivity contribution is 5.30. The van der Waals surface area contributed by atoms with Crippen LogP contribution in [0.4, 0.5) is 0 Å². The summed E-state index contributed by atoms with van der Waals surface area (Å²) in [6.07, 6.45) is 33.2. The largest absolute Gasteiger partial charge is 0.490 e. The first-order valence-electron chi connectivity index (χ1n) is 16.2. The molecule has 2 saturated carbocycles. The van der Waals surface area contributed by atoms with Crippen LogP contribution in [-0.2, 0) is 0 Å². The molecule has 3 rings (SSSR count). The average Bonchev–Trinajstić information content (AvgIpc) is 2.92. The van der Waals surface area contributed by atoms with E-state index in [0.717, 1.165) is 29.4 Å². The predicted molar refractivity (Wildman–Crippen MR) is 158 cm³/mol. The number of benzene rings is 1. The van der Waals surface area contributed by atoms with Crippen LogP contribution in [0.1, 0.15) is 154 Å². The van der Waals surface area contributed by atoms with E-state index in [4.69, 9.17) is 4.74 Å². The molecular formula is C35H58O. The van der Waals surface area contributed by atoms with Crippen molar-refractivity contribution >= 4 is 0 Å². The van der Waals surface area contributed by atoms with Crippen molar-refractivity contribution < 1.29 is 4.74 Å². The summed E-state index contributed by atoms with van der Waals surface area (Å²) < 4.78 is 6.05.